The van der Waals surface area contributed by atoms with Crippen LogP contribution >= 0.6 is 23.5 Å². The van der Waals surface area contributed by atoms with Gasteiger partial charge in [0.1, 0.15) is 10.4 Å². The molecule has 4 rings (SSSR count). The number of carbonyl (C=O) groups is 1. The third-order valence-corrected chi connectivity index (χ3v) is 11.3. The Morgan fingerprint density at radius 2 is 1.97 bits per heavy atom. The Morgan fingerprint density at radius 3 is 2.57 bits per heavy atom. The highest BCUT2D eigenvalue weighted by molar-refractivity contribution is 8.38. The van der Waals surface area contributed by atoms with Crippen LogP contribution in [0.2, 0.25) is 0 Å². The van der Waals surface area contributed by atoms with Crippen LogP contribution in [0.5, 0.6) is 0 Å². The first kappa shape index (κ1) is 19.7. The van der Waals surface area contributed by atoms with E-state index >= 15 is 0 Å². The van der Waals surface area contributed by atoms with Crippen molar-refractivity contribution in [3.05, 3.63) is 35.9 Å². The molecule has 1 spiro atoms. The third-order valence-electron chi connectivity index (χ3n) is 7.52. The summed E-state index contributed by atoms with van der Waals surface area (Å²) in [6.07, 6.45) is 3.90. The van der Waals surface area contributed by atoms with Crippen LogP contribution in [-0.4, -0.2) is 53.4 Å². The number of benzene rings is 1. The lowest BCUT2D eigenvalue weighted by atomic mass is 9.69. The number of thioether (sulfide) groups is 2. The Kier molecular flexibility index (Phi) is 5.15. The molecule has 1 aliphatic heterocycles. The van der Waals surface area contributed by atoms with Gasteiger partial charge in [-0.1, -0.05) is 44.2 Å². The van der Waals surface area contributed by atoms with Gasteiger partial charge < -0.3 is 0 Å². The second kappa shape index (κ2) is 7.85. The Hall–Kier alpha value is -0.990. The summed E-state index contributed by atoms with van der Waals surface area (Å²) in [6, 6.07) is 6.55. The zero-order chi connectivity index (χ0) is 23.5. The van der Waals surface area contributed by atoms with Gasteiger partial charge in [0.2, 0.25) is 10.0 Å². The van der Waals surface area contributed by atoms with E-state index in [0.29, 0.717) is 22.3 Å². The molecule has 1 aromatic carbocycles. The van der Waals surface area contributed by atoms with E-state index in [2.05, 4.69) is 18.8 Å². The fourth-order valence-corrected chi connectivity index (χ4v) is 9.47. The van der Waals surface area contributed by atoms with E-state index in [-0.39, 0.29) is 11.2 Å². The molecule has 2 bridgehead atoms. The van der Waals surface area contributed by atoms with Gasteiger partial charge in [0.25, 0.3) is 5.91 Å². The van der Waals surface area contributed by atoms with Gasteiger partial charge in [-0.3, -0.25) is 9.79 Å². The number of hydrogen-bond donors (Lipinski definition) is 0. The molecular weight excluding hydrogens is 439 g/mol. The molecule has 3 fully saturated rings. The van der Waals surface area contributed by atoms with Crippen molar-refractivity contribution in [3.63, 3.8) is 0 Å². The van der Waals surface area contributed by atoms with Gasteiger partial charge in [0.05, 0.1) is 11.8 Å². The highest BCUT2D eigenvalue weighted by atomic mass is 32.2. The predicted octanol–water partition coefficient (Wildman–Crippen LogP) is 4.05. The first-order valence-corrected chi connectivity index (χ1v) is 14.3. The highest BCUT2D eigenvalue weighted by Crippen LogP contribution is 2.70. The lowest BCUT2D eigenvalue weighted by Gasteiger charge is -2.37. The summed E-state index contributed by atoms with van der Waals surface area (Å²) in [5.74, 6) is -0.411. The first-order valence-electron chi connectivity index (χ1n) is 11.2. The van der Waals surface area contributed by atoms with Gasteiger partial charge >= 0.3 is 0 Å². The normalized spacial score (nSPS) is 32.9. The van der Waals surface area contributed by atoms with Gasteiger partial charge in [-0.25, -0.2) is 12.7 Å². The van der Waals surface area contributed by atoms with Gasteiger partial charge in [0, 0.05) is 14.5 Å². The van der Waals surface area contributed by atoms with Crippen LogP contribution in [0.3, 0.4) is 0 Å². The van der Waals surface area contributed by atoms with E-state index in [9.17, 15) is 13.2 Å². The van der Waals surface area contributed by atoms with Crippen LogP contribution in [0.25, 0.3) is 0 Å². The summed E-state index contributed by atoms with van der Waals surface area (Å²) in [6.45, 7) is 4.26. The fourth-order valence-electron chi connectivity index (χ4n) is 5.84. The van der Waals surface area contributed by atoms with Gasteiger partial charge in [-0.15, -0.1) is 23.5 Å². The Morgan fingerprint density at radius 1 is 1.30 bits per heavy atom. The summed E-state index contributed by atoms with van der Waals surface area (Å²) < 4.78 is 46.1. The quantitative estimate of drug-likeness (QED) is 0.287. The number of fused-ring (bicyclic) bond motifs is 1. The number of carbonyl (C=O) groups excluding carboxylic acids is 1. The SMILES string of the molecule is [2H]C([2H])(c1ccccc1)[13C@H]([15N]=C(SC)SC)[13C](=O)N1[C@@H]2C[C@H]3CC[C@]2(CS1(=O)=O)C3(C)C. The predicted molar refractivity (Wildman–Crippen MR) is 126 cm³/mol. The average Bonchev–Trinajstić information content (AvgIpc) is 3.22. The summed E-state index contributed by atoms with van der Waals surface area (Å²) in [5, 5.41) is 0. The number of hydrogen-bond acceptors (Lipinski definition) is 6. The molecule has 5 nitrogen and oxygen atoms in total. The van der Waals surface area contributed by atoms with Crippen LogP contribution in [0, 0.1) is 16.7 Å². The van der Waals surface area contributed by atoms with Crippen LogP contribution in [0.15, 0.2) is 35.3 Å². The number of aliphatic imine (C=N–C) groups is 1. The van der Waals surface area contributed by atoms with Crippen LogP contribution in [-0.2, 0) is 21.2 Å². The first-order chi connectivity index (χ1) is 14.9. The minimum atomic E-state index is -3.86. The Labute approximate surface area is 191 Å². The maximum absolute atomic E-state index is 14.0. The summed E-state index contributed by atoms with van der Waals surface area (Å²) in [7, 11) is -3.86. The number of sulfonamides is 1. The van der Waals surface area contributed by atoms with Crippen molar-refractivity contribution in [1.82, 2.24) is 4.31 Å². The van der Waals surface area contributed by atoms with Crippen LogP contribution < -0.4 is 0 Å². The molecule has 0 unspecified atom stereocenters. The topological polar surface area (TPSA) is 66.8 Å². The molecule has 4 atom stereocenters. The van der Waals surface area contributed by atoms with Crippen molar-refractivity contribution in [3.8, 4) is 0 Å². The highest BCUT2D eigenvalue weighted by Gasteiger charge is 2.72. The van der Waals surface area contributed by atoms with E-state index in [1.165, 1.54) is 23.5 Å². The van der Waals surface area contributed by atoms with Crippen molar-refractivity contribution in [2.75, 3.05) is 18.3 Å². The minimum absolute atomic E-state index is 0.0391. The molecule has 3 aliphatic rings. The molecule has 1 saturated heterocycles. The third kappa shape index (κ3) is 3.34. The zero-order valence-corrected chi connectivity index (χ0v) is 20.2. The molecule has 1 heterocycles. The maximum Gasteiger partial charge on any atom is 0.261 e. The summed E-state index contributed by atoms with van der Waals surface area (Å²) in [4.78, 5) is 18.4. The van der Waals surface area contributed by atoms with Gasteiger partial charge in [-0.05, 0) is 48.7 Å². The average molecular weight is 472 g/mol. The second-order valence-electron chi connectivity index (χ2n) is 8.97. The lowest BCUT2D eigenvalue weighted by molar-refractivity contribution is -0.130. The van der Waals surface area contributed by atoms with E-state index in [1.54, 1.807) is 30.3 Å². The summed E-state index contributed by atoms with van der Waals surface area (Å²) >= 11 is 2.65. The molecule has 0 N–H and O–H groups in total. The van der Waals surface area contributed by atoms with Crippen molar-refractivity contribution in [1.29, 1.82) is 0 Å². The van der Waals surface area contributed by atoms with E-state index in [4.69, 9.17) is 2.74 Å². The smallest absolute Gasteiger partial charge is 0.261 e. The molecule has 1 amide bonds. The monoisotopic (exact) mass is 471 g/mol. The van der Waals surface area contributed by atoms with E-state index < -0.39 is 39.8 Å². The Balaban J connectivity index is 1.81. The zero-order valence-electron chi connectivity index (χ0n) is 19.8. The number of nitrogens with zero attached hydrogens (tertiary/aromatic N) is 2. The van der Waals surface area contributed by atoms with Gasteiger partial charge in [0.15, 0.2) is 0 Å². The molecule has 30 heavy (non-hydrogen) atoms. The van der Waals surface area contributed by atoms with Crippen molar-refractivity contribution < 1.29 is 16.0 Å². The number of rotatable bonds is 4. The molecule has 0 radical (unpaired) electrons. The Bertz CT molecular complexity index is 1040. The molecule has 0 aromatic heterocycles. The molecular formula is C22H30N2O3S3. The van der Waals surface area contributed by atoms with Crippen molar-refractivity contribution in [2.45, 2.75) is 51.6 Å². The van der Waals surface area contributed by atoms with E-state index in [1.807, 2.05) is 12.5 Å². The molecule has 1 aromatic rings. The molecule has 2 aliphatic carbocycles. The standard InChI is InChI=1S/C22H30N2O3S3/c1-21(2)16-10-11-22(21)14-30(26,27)24(18(22)13-16)19(25)17(23-20(28-3)29-4)12-15-8-6-5-7-9-15/h5-9,16-18H,10-14H2,1-4H3/t16-,17+,18-,22-/m1/s1/i12D2,17+1,19+1,23+1. The summed E-state index contributed by atoms with van der Waals surface area (Å²) in [5.41, 5.74) is -0.314. The molecule has 2 saturated carbocycles. The lowest BCUT2D eigenvalue weighted by Crippen LogP contribution is -2.48. The largest absolute Gasteiger partial charge is 0.271 e. The maximum atomic E-state index is 14.0. The van der Waals surface area contributed by atoms with Crippen LogP contribution in [0.4, 0.5) is 0 Å². The van der Waals surface area contributed by atoms with Crippen molar-refractivity contribution in [2.24, 2.45) is 21.7 Å². The second-order valence-corrected chi connectivity index (χ2v) is 12.7. The van der Waals surface area contributed by atoms with Crippen LogP contribution in [0.1, 0.15) is 41.4 Å². The van der Waals surface area contributed by atoms with Crippen molar-refractivity contribution >= 4 is 43.8 Å². The molecule has 164 valence electrons. The van der Waals surface area contributed by atoms with E-state index in [0.717, 1.165) is 17.1 Å². The minimum Gasteiger partial charge on any atom is -0.271 e. The number of amides is 1. The van der Waals surface area contributed by atoms with Gasteiger partial charge in [-0.2, -0.15) is 0 Å². The fraction of sp³-hybridized carbons (Fsp3) is 0.636. The molecule has 8 heteroatoms.